The van der Waals surface area contributed by atoms with E-state index in [1.165, 1.54) is 9.56 Å². The number of thiophene rings is 1. The molecule has 4 aromatic rings. The van der Waals surface area contributed by atoms with Crippen LogP contribution >= 0.6 is 27.3 Å². The number of aryl methyl sites for hydroxylation is 1. The van der Waals surface area contributed by atoms with E-state index in [1.807, 2.05) is 37.3 Å². The number of rotatable bonds is 5. The summed E-state index contributed by atoms with van der Waals surface area (Å²) in [5.74, 6) is 0.383. The van der Waals surface area contributed by atoms with E-state index in [0.29, 0.717) is 17.8 Å². The number of benzene rings is 1. The first-order valence-corrected chi connectivity index (χ1v) is 10.1. The molecular weight excluding hydrogens is 444 g/mol. The largest absolute Gasteiger partial charge is 0.496 e. The van der Waals surface area contributed by atoms with Crippen LogP contribution in [0.5, 0.6) is 5.75 Å². The second-order valence-corrected chi connectivity index (χ2v) is 8.54. The molecule has 3 aromatic heterocycles. The van der Waals surface area contributed by atoms with Gasteiger partial charge in [0.15, 0.2) is 0 Å². The van der Waals surface area contributed by atoms with Gasteiger partial charge in [0.25, 0.3) is 5.56 Å². The lowest BCUT2D eigenvalue weighted by molar-refractivity contribution is -0.122. The highest BCUT2D eigenvalue weighted by Gasteiger charge is 2.13. The SMILES string of the molecule is COc1ccc(Br)cc1CNC(=O)Cn1ncn2c(cc3sc(C)cc32)c1=O. The highest BCUT2D eigenvalue weighted by molar-refractivity contribution is 9.10. The Balaban J connectivity index is 1.53. The number of hydrogen-bond donors (Lipinski definition) is 1. The average Bonchev–Trinajstić information content (AvgIpc) is 3.19. The van der Waals surface area contributed by atoms with Gasteiger partial charge in [-0.15, -0.1) is 11.3 Å². The molecule has 1 aromatic carbocycles. The molecule has 1 amide bonds. The lowest BCUT2D eigenvalue weighted by atomic mass is 10.2. The van der Waals surface area contributed by atoms with E-state index < -0.39 is 0 Å². The first kappa shape index (κ1) is 18.7. The summed E-state index contributed by atoms with van der Waals surface area (Å²) in [4.78, 5) is 26.2. The summed E-state index contributed by atoms with van der Waals surface area (Å²) in [6.07, 6.45) is 1.58. The summed E-state index contributed by atoms with van der Waals surface area (Å²) >= 11 is 5.03. The van der Waals surface area contributed by atoms with Gasteiger partial charge in [-0.1, -0.05) is 15.9 Å². The van der Waals surface area contributed by atoms with Crippen molar-refractivity contribution in [1.29, 1.82) is 0 Å². The van der Waals surface area contributed by atoms with Gasteiger partial charge in [0.05, 0.1) is 17.3 Å². The average molecular weight is 461 g/mol. The Morgan fingerprint density at radius 3 is 2.89 bits per heavy atom. The summed E-state index contributed by atoms with van der Waals surface area (Å²) in [5.41, 5.74) is 2.01. The molecule has 7 nitrogen and oxygen atoms in total. The van der Waals surface area contributed by atoms with Crippen molar-refractivity contribution >= 4 is 48.9 Å². The molecule has 144 valence electrons. The molecule has 0 spiro atoms. The Hall–Kier alpha value is -2.65. The third kappa shape index (κ3) is 3.43. The van der Waals surface area contributed by atoms with E-state index in [1.54, 1.807) is 29.2 Å². The number of amides is 1. The summed E-state index contributed by atoms with van der Waals surface area (Å²) < 4.78 is 10.2. The highest BCUT2D eigenvalue weighted by Crippen LogP contribution is 2.27. The van der Waals surface area contributed by atoms with E-state index in [4.69, 9.17) is 4.74 Å². The van der Waals surface area contributed by atoms with Crippen molar-refractivity contribution in [3.05, 3.63) is 61.9 Å². The van der Waals surface area contributed by atoms with E-state index in [0.717, 1.165) is 20.3 Å². The molecule has 0 radical (unpaired) electrons. The number of fused-ring (bicyclic) bond motifs is 3. The molecule has 4 rings (SSSR count). The Kier molecular flexibility index (Phi) is 4.94. The fourth-order valence-corrected chi connectivity index (χ4v) is 4.46. The van der Waals surface area contributed by atoms with Crippen LogP contribution in [0.25, 0.3) is 15.7 Å². The van der Waals surface area contributed by atoms with Crippen molar-refractivity contribution in [3.8, 4) is 5.75 Å². The van der Waals surface area contributed by atoms with E-state index in [9.17, 15) is 9.59 Å². The molecule has 0 saturated heterocycles. The Morgan fingerprint density at radius 1 is 1.29 bits per heavy atom. The predicted molar refractivity (Wildman–Crippen MR) is 112 cm³/mol. The second-order valence-electron chi connectivity index (χ2n) is 6.33. The van der Waals surface area contributed by atoms with Gasteiger partial charge in [-0.2, -0.15) is 5.10 Å². The molecule has 0 saturated carbocycles. The smallest absolute Gasteiger partial charge is 0.291 e. The van der Waals surface area contributed by atoms with Gasteiger partial charge in [0.2, 0.25) is 5.91 Å². The van der Waals surface area contributed by atoms with Crippen LogP contribution in [0, 0.1) is 6.92 Å². The number of methoxy groups -OCH3 is 1. The number of ether oxygens (including phenoxy) is 1. The minimum atomic E-state index is -0.301. The molecule has 0 aliphatic carbocycles. The molecular formula is C19H17BrN4O3S. The standard InChI is InChI=1S/C19H17BrN4O3S/c1-11-5-14-17(28-11)7-15-19(26)24(22-10-23(14)15)9-18(25)21-8-12-6-13(20)3-4-16(12)27-2/h3-7,10H,8-9H2,1-2H3,(H,21,25). The maximum atomic E-state index is 12.7. The third-order valence-electron chi connectivity index (χ3n) is 4.42. The maximum Gasteiger partial charge on any atom is 0.291 e. The van der Waals surface area contributed by atoms with Crippen molar-refractivity contribution < 1.29 is 9.53 Å². The second kappa shape index (κ2) is 7.40. The van der Waals surface area contributed by atoms with Gasteiger partial charge in [-0.25, -0.2) is 4.68 Å². The first-order valence-electron chi connectivity index (χ1n) is 8.52. The van der Waals surface area contributed by atoms with Crippen molar-refractivity contribution in [3.63, 3.8) is 0 Å². The van der Waals surface area contributed by atoms with Gasteiger partial charge < -0.3 is 10.1 Å². The van der Waals surface area contributed by atoms with E-state index in [-0.39, 0.29) is 18.0 Å². The summed E-state index contributed by atoms with van der Waals surface area (Å²) in [5, 5.41) is 6.97. The number of hydrogen-bond acceptors (Lipinski definition) is 5. The van der Waals surface area contributed by atoms with Crippen molar-refractivity contribution in [1.82, 2.24) is 19.5 Å². The molecule has 0 unspecified atom stereocenters. The maximum absolute atomic E-state index is 12.7. The van der Waals surface area contributed by atoms with Crippen molar-refractivity contribution in [2.75, 3.05) is 7.11 Å². The monoisotopic (exact) mass is 460 g/mol. The van der Waals surface area contributed by atoms with Gasteiger partial charge in [0, 0.05) is 21.5 Å². The van der Waals surface area contributed by atoms with Crippen LogP contribution in [0.3, 0.4) is 0 Å². The van der Waals surface area contributed by atoms with Gasteiger partial charge in [-0.05, 0) is 37.3 Å². The molecule has 0 fully saturated rings. The minimum Gasteiger partial charge on any atom is -0.496 e. The van der Waals surface area contributed by atoms with Crippen molar-refractivity contribution in [2.45, 2.75) is 20.0 Å². The molecule has 1 N–H and O–H groups in total. The fourth-order valence-electron chi connectivity index (χ4n) is 3.11. The lowest BCUT2D eigenvalue weighted by Gasteiger charge is -2.11. The van der Waals surface area contributed by atoms with Crippen LogP contribution in [0.2, 0.25) is 0 Å². The number of carbonyl (C=O) groups excluding carboxylic acids is 1. The molecule has 0 bridgehead atoms. The Labute approximate surface area is 172 Å². The quantitative estimate of drug-likeness (QED) is 0.496. The molecule has 3 heterocycles. The highest BCUT2D eigenvalue weighted by atomic mass is 79.9. The van der Waals surface area contributed by atoms with Gasteiger partial charge in [0.1, 0.15) is 24.1 Å². The molecule has 9 heteroatoms. The Morgan fingerprint density at radius 2 is 2.11 bits per heavy atom. The van der Waals surface area contributed by atoms with Crippen LogP contribution < -0.4 is 15.6 Å². The lowest BCUT2D eigenvalue weighted by Crippen LogP contribution is -2.34. The summed E-state index contributed by atoms with van der Waals surface area (Å²) in [7, 11) is 1.58. The normalized spacial score (nSPS) is 11.2. The Bertz CT molecular complexity index is 1260. The number of halogens is 1. The van der Waals surface area contributed by atoms with Crippen LogP contribution in [0.1, 0.15) is 10.4 Å². The van der Waals surface area contributed by atoms with Gasteiger partial charge in [-0.3, -0.25) is 14.0 Å². The first-order chi connectivity index (χ1) is 13.5. The number of nitrogens with one attached hydrogen (secondary N) is 1. The van der Waals surface area contributed by atoms with Crippen LogP contribution in [-0.2, 0) is 17.9 Å². The van der Waals surface area contributed by atoms with Crippen molar-refractivity contribution in [2.24, 2.45) is 0 Å². The van der Waals surface area contributed by atoms with Gasteiger partial charge >= 0.3 is 0 Å². The molecule has 0 atom stereocenters. The number of nitrogens with zero attached hydrogens (tertiary/aromatic N) is 3. The third-order valence-corrected chi connectivity index (χ3v) is 5.90. The summed E-state index contributed by atoms with van der Waals surface area (Å²) in [6, 6.07) is 9.44. The molecule has 28 heavy (non-hydrogen) atoms. The van der Waals surface area contributed by atoms with E-state index in [2.05, 4.69) is 26.3 Å². The number of carbonyl (C=O) groups is 1. The van der Waals surface area contributed by atoms with Crippen LogP contribution in [-0.4, -0.2) is 27.2 Å². The fraction of sp³-hybridized carbons (Fsp3) is 0.211. The zero-order valence-corrected chi connectivity index (χ0v) is 17.6. The van der Waals surface area contributed by atoms with E-state index >= 15 is 0 Å². The molecule has 0 aliphatic rings. The zero-order valence-electron chi connectivity index (χ0n) is 15.2. The summed E-state index contributed by atoms with van der Waals surface area (Å²) in [6.45, 7) is 2.17. The zero-order chi connectivity index (χ0) is 19.8. The predicted octanol–water partition coefficient (Wildman–Crippen LogP) is 3.11. The minimum absolute atomic E-state index is 0.149. The van der Waals surface area contributed by atoms with Crippen LogP contribution in [0.4, 0.5) is 0 Å². The topological polar surface area (TPSA) is 77.6 Å². The van der Waals surface area contributed by atoms with Crippen LogP contribution in [0.15, 0.2) is 45.9 Å². The molecule has 0 aliphatic heterocycles. The number of aromatic nitrogens is 3.